The topological polar surface area (TPSA) is 165 Å². The molecule has 0 aliphatic carbocycles. The number of nitrogens with one attached hydrogen (secondary N) is 1. The highest BCUT2D eigenvalue weighted by Crippen LogP contribution is 2.31. The van der Waals surface area contributed by atoms with E-state index in [0.29, 0.717) is 25.8 Å². The van der Waals surface area contributed by atoms with Crippen molar-refractivity contribution in [3.05, 3.63) is 35.9 Å². The summed E-state index contributed by atoms with van der Waals surface area (Å²) in [6.07, 6.45) is 1.97. The first-order chi connectivity index (χ1) is 24.0. The Kier molecular flexibility index (Phi) is 18.2. The molecule has 290 valence electrons. The van der Waals surface area contributed by atoms with Crippen molar-refractivity contribution >= 4 is 33.5 Å². The molecule has 12 nitrogen and oxygen atoms in total. The minimum Gasteiger partial charge on any atom is -0.379 e. The highest BCUT2D eigenvalue weighted by atomic mass is 32.2. The van der Waals surface area contributed by atoms with Gasteiger partial charge in [-0.05, 0) is 43.1 Å². The molecule has 1 aliphatic rings. The van der Waals surface area contributed by atoms with Crippen molar-refractivity contribution in [1.29, 1.82) is 0 Å². The average Bonchev–Trinajstić information content (AvgIpc) is 3.59. The lowest BCUT2D eigenvalue weighted by Gasteiger charge is -2.40. The third-order valence-electron chi connectivity index (χ3n) is 10.5. The van der Waals surface area contributed by atoms with E-state index in [0.717, 1.165) is 18.4 Å². The summed E-state index contributed by atoms with van der Waals surface area (Å²) in [5.74, 6) is -3.13. The molecule has 0 spiro atoms. The van der Waals surface area contributed by atoms with Crippen LogP contribution >= 0.6 is 0 Å². The van der Waals surface area contributed by atoms with E-state index < -0.39 is 52.1 Å². The van der Waals surface area contributed by atoms with E-state index in [-0.39, 0.29) is 60.5 Å². The molecule has 0 bridgehead atoms. The van der Waals surface area contributed by atoms with Gasteiger partial charge < -0.3 is 25.0 Å². The number of nitrogens with zero attached hydrogens (tertiary/aromatic N) is 2. The first-order valence-corrected chi connectivity index (χ1v) is 20.2. The Balaban J connectivity index is 2.28. The molecule has 13 heteroatoms. The standard InChI is InChI=1S/C38H64N4O8S/c1-10-12-21-51(47,48)40-37(45)29(22-28-17-14-13-15-18-28)23-31(43)27(6)36(50-9)30-19-16-20-42(30)33(44)24-32(49-8)35(26(5)11-2)41(7)38(46)34(39)25(3)4/h13-15,17-18,25-27,29-30,32,34-36H,10-12,16,19-24,39H2,1-9H3,(H,40,45)/t26-,27-,29+,30-,32+,34-,35-,36+/m0/s1. The molecule has 8 atom stereocenters. The van der Waals surface area contributed by atoms with Crippen LogP contribution in [-0.2, 0) is 45.1 Å². The van der Waals surface area contributed by atoms with Gasteiger partial charge in [-0.15, -0.1) is 0 Å². The predicted octanol–water partition coefficient (Wildman–Crippen LogP) is 3.95. The maximum atomic E-state index is 14.0. The molecular formula is C38H64N4O8S. The largest absolute Gasteiger partial charge is 0.379 e. The molecule has 0 radical (unpaired) electrons. The Morgan fingerprint density at radius 3 is 2.22 bits per heavy atom. The zero-order chi connectivity index (χ0) is 38.5. The number of nitrogens with two attached hydrogens (primary N) is 1. The van der Waals surface area contributed by atoms with E-state index in [2.05, 4.69) is 4.72 Å². The zero-order valence-corrected chi connectivity index (χ0v) is 33.1. The lowest BCUT2D eigenvalue weighted by atomic mass is 9.85. The molecule has 1 heterocycles. The van der Waals surface area contributed by atoms with E-state index in [4.69, 9.17) is 15.2 Å². The summed E-state index contributed by atoms with van der Waals surface area (Å²) in [7, 11) is 0.930. The lowest BCUT2D eigenvalue weighted by Crippen LogP contribution is -2.56. The molecular weight excluding hydrogens is 673 g/mol. The molecule has 2 rings (SSSR count). The molecule has 0 unspecified atom stereocenters. The van der Waals surface area contributed by atoms with Gasteiger partial charge in [0, 0.05) is 46.1 Å². The van der Waals surface area contributed by atoms with Crippen LogP contribution < -0.4 is 10.5 Å². The molecule has 51 heavy (non-hydrogen) atoms. The number of hydrogen-bond donors (Lipinski definition) is 2. The summed E-state index contributed by atoms with van der Waals surface area (Å²) < 4.78 is 39.3. The van der Waals surface area contributed by atoms with Gasteiger partial charge in [0.2, 0.25) is 27.7 Å². The van der Waals surface area contributed by atoms with Gasteiger partial charge in [0.25, 0.3) is 0 Å². The van der Waals surface area contributed by atoms with E-state index >= 15 is 0 Å². The van der Waals surface area contributed by atoms with E-state index in [9.17, 15) is 27.6 Å². The second-order valence-corrected chi connectivity index (χ2v) is 16.4. The van der Waals surface area contributed by atoms with Gasteiger partial charge in [-0.1, -0.05) is 84.7 Å². The average molecular weight is 737 g/mol. The van der Waals surface area contributed by atoms with Crippen LogP contribution in [0.3, 0.4) is 0 Å². The maximum Gasteiger partial charge on any atom is 0.239 e. The van der Waals surface area contributed by atoms with Crippen LogP contribution in [-0.4, -0.2) is 106 Å². The number of likely N-dealkylation sites (tertiary alicyclic amines) is 1. The van der Waals surface area contributed by atoms with Gasteiger partial charge in [0.15, 0.2) is 0 Å². The van der Waals surface area contributed by atoms with Crippen LogP contribution in [0.25, 0.3) is 0 Å². The van der Waals surface area contributed by atoms with Gasteiger partial charge >= 0.3 is 0 Å². The summed E-state index contributed by atoms with van der Waals surface area (Å²) in [5.41, 5.74) is 7.04. The van der Waals surface area contributed by atoms with Crippen LogP contribution in [0.4, 0.5) is 0 Å². The number of Topliss-reactive ketones (excluding diaryl/α,β-unsaturated/α-hetero) is 1. The van der Waals surface area contributed by atoms with Crippen molar-refractivity contribution in [2.45, 2.75) is 123 Å². The number of unbranched alkanes of at least 4 members (excludes halogenated alkanes) is 1. The van der Waals surface area contributed by atoms with Gasteiger partial charge in [-0.3, -0.25) is 23.9 Å². The number of ketones is 1. The van der Waals surface area contributed by atoms with E-state index in [1.165, 1.54) is 7.11 Å². The summed E-state index contributed by atoms with van der Waals surface area (Å²) in [6, 6.07) is 7.71. The van der Waals surface area contributed by atoms with E-state index in [1.54, 1.807) is 30.9 Å². The molecule has 3 N–H and O–H groups in total. The molecule has 0 saturated carbocycles. The summed E-state index contributed by atoms with van der Waals surface area (Å²) in [6.45, 7) is 11.9. The van der Waals surface area contributed by atoms with Crippen molar-refractivity contribution in [3.63, 3.8) is 0 Å². The fourth-order valence-electron chi connectivity index (χ4n) is 7.07. The Morgan fingerprint density at radius 2 is 1.67 bits per heavy atom. The van der Waals surface area contributed by atoms with Crippen LogP contribution in [0.2, 0.25) is 0 Å². The number of methoxy groups -OCH3 is 2. The SMILES string of the molecule is CCCCS(=O)(=O)NC(=O)[C@@H](CC(=O)[C@H](C)[C@@H](OC)[C@@H]1CCCN1C(=O)C[C@@H](OC)[C@H]([C@@H](C)CC)N(C)C(=O)[C@@H](N)C(C)C)Cc1ccccc1. The summed E-state index contributed by atoms with van der Waals surface area (Å²) in [5, 5.41) is 0. The number of benzene rings is 1. The normalized spacial score (nSPS) is 19.1. The Labute approximate surface area is 306 Å². The number of carbonyl (C=O) groups is 4. The number of sulfonamides is 1. The van der Waals surface area contributed by atoms with Crippen molar-refractivity contribution < 1.29 is 37.1 Å². The second-order valence-electron chi connectivity index (χ2n) is 14.6. The van der Waals surface area contributed by atoms with Crippen LogP contribution in [0.1, 0.15) is 92.1 Å². The molecule has 1 aromatic carbocycles. The van der Waals surface area contributed by atoms with Crippen molar-refractivity contribution in [3.8, 4) is 0 Å². The summed E-state index contributed by atoms with van der Waals surface area (Å²) >= 11 is 0. The number of ether oxygens (including phenoxy) is 2. The molecule has 1 saturated heterocycles. The maximum absolute atomic E-state index is 14.0. The van der Waals surface area contributed by atoms with E-state index in [1.807, 2.05) is 65.0 Å². The highest BCUT2D eigenvalue weighted by Gasteiger charge is 2.43. The first kappa shape index (κ1) is 44.3. The van der Waals surface area contributed by atoms with Crippen molar-refractivity contribution in [2.24, 2.45) is 29.4 Å². The fraction of sp³-hybridized carbons (Fsp3) is 0.737. The van der Waals surface area contributed by atoms with Crippen LogP contribution in [0, 0.1) is 23.7 Å². The molecule has 3 amide bonds. The fourth-order valence-corrected chi connectivity index (χ4v) is 8.31. The number of carbonyl (C=O) groups excluding carboxylic acids is 4. The summed E-state index contributed by atoms with van der Waals surface area (Å²) in [4.78, 5) is 58.0. The minimum atomic E-state index is -3.85. The van der Waals surface area contributed by atoms with Gasteiger partial charge in [-0.2, -0.15) is 0 Å². The molecule has 1 aromatic rings. The third kappa shape index (κ3) is 12.6. The Hall–Kier alpha value is -2.87. The molecule has 0 aromatic heterocycles. The second kappa shape index (κ2) is 21.0. The van der Waals surface area contributed by atoms with Crippen molar-refractivity contribution in [1.82, 2.24) is 14.5 Å². The number of likely N-dealkylation sites (N-methyl/N-ethyl adjacent to an activating group) is 1. The van der Waals surface area contributed by atoms with Crippen LogP contribution in [0.15, 0.2) is 30.3 Å². The van der Waals surface area contributed by atoms with Crippen LogP contribution in [0.5, 0.6) is 0 Å². The number of amides is 3. The zero-order valence-electron chi connectivity index (χ0n) is 32.3. The van der Waals surface area contributed by atoms with Gasteiger partial charge in [0.1, 0.15) is 5.78 Å². The Morgan fingerprint density at radius 1 is 1.02 bits per heavy atom. The van der Waals surface area contributed by atoms with Gasteiger partial charge in [-0.25, -0.2) is 8.42 Å². The minimum absolute atomic E-state index is 0.0254. The van der Waals surface area contributed by atoms with Gasteiger partial charge in [0.05, 0.1) is 42.5 Å². The number of hydrogen-bond acceptors (Lipinski definition) is 9. The number of rotatable bonds is 22. The lowest BCUT2D eigenvalue weighted by molar-refractivity contribution is -0.146. The highest BCUT2D eigenvalue weighted by molar-refractivity contribution is 7.90. The smallest absolute Gasteiger partial charge is 0.239 e. The monoisotopic (exact) mass is 736 g/mol. The quantitative estimate of drug-likeness (QED) is 0.179. The third-order valence-corrected chi connectivity index (χ3v) is 11.9. The Bertz CT molecular complexity index is 1370. The first-order valence-electron chi connectivity index (χ1n) is 18.5. The van der Waals surface area contributed by atoms with Crippen molar-refractivity contribution in [2.75, 3.05) is 33.6 Å². The predicted molar refractivity (Wildman–Crippen MR) is 199 cm³/mol. The molecule has 1 fully saturated rings. The molecule has 1 aliphatic heterocycles.